The molecular weight excluding hydrogens is 314 g/mol. The van der Waals surface area contributed by atoms with Gasteiger partial charge in [0.1, 0.15) is 0 Å². The Labute approximate surface area is 149 Å². The zero-order valence-electron chi connectivity index (χ0n) is 14.8. The van der Waals surface area contributed by atoms with Crippen molar-refractivity contribution < 1.29 is 9.84 Å². The molecule has 1 aliphatic rings. The topological polar surface area (TPSA) is 57.1 Å². The molecule has 0 spiro atoms. The average molecular weight is 339 g/mol. The van der Waals surface area contributed by atoms with Crippen LogP contribution in [0.1, 0.15) is 25.0 Å². The highest BCUT2D eigenvalue weighted by Gasteiger charge is 2.22. The minimum absolute atomic E-state index is 0.162. The Balaban J connectivity index is 1.81. The zero-order valence-corrected chi connectivity index (χ0v) is 14.8. The maximum Gasteiger partial charge on any atom is 0.198 e. The van der Waals surface area contributed by atoms with Gasteiger partial charge in [0.25, 0.3) is 0 Å². The molecule has 1 heterocycles. The normalized spacial score (nSPS) is 13.7. The van der Waals surface area contributed by atoms with Crippen LogP contribution in [0.4, 0.5) is 5.69 Å². The maximum absolute atomic E-state index is 9.83. The number of anilines is 1. The molecule has 0 fully saturated rings. The molecule has 5 nitrogen and oxygen atoms in total. The fraction of sp³-hybridized carbons (Fsp3) is 0.350. The number of phenolic OH excluding ortho intramolecular Hbond substituents is 1. The van der Waals surface area contributed by atoms with E-state index in [4.69, 9.17) is 9.73 Å². The van der Waals surface area contributed by atoms with Crippen molar-refractivity contribution in [3.8, 4) is 11.5 Å². The molecule has 0 aromatic heterocycles. The van der Waals surface area contributed by atoms with Gasteiger partial charge in [-0.05, 0) is 49.6 Å². The van der Waals surface area contributed by atoms with Crippen molar-refractivity contribution >= 4 is 11.6 Å². The Kier molecular flexibility index (Phi) is 5.43. The van der Waals surface area contributed by atoms with Crippen LogP contribution in [-0.4, -0.2) is 30.8 Å². The van der Waals surface area contributed by atoms with E-state index in [1.165, 1.54) is 11.3 Å². The summed E-state index contributed by atoms with van der Waals surface area (Å²) in [5.41, 5.74) is 3.59. The SMILES string of the molecule is CCNC(=NCc1ccc(O)c(OCC)c1)N1CCc2ccccc21. The summed E-state index contributed by atoms with van der Waals surface area (Å²) in [5, 5.41) is 13.2. The molecule has 132 valence electrons. The maximum atomic E-state index is 9.83. The number of fused-ring (bicyclic) bond motifs is 1. The second-order valence-corrected chi connectivity index (χ2v) is 5.94. The van der Waals surface area contributed by atoms with Crippen molar-refractivity contribution in [1.29, 1.82) is 0 Å². The molecular formula is C20H25N3O2. The highest BCUT2D eigenvalue weighted by atomic mass is 16.5. The molecule has 3 rings (SSSR count). The number of aromatic hydroxyl groups is 1. The number of nitrogens with zero attached hydrogens (tertiary/aromatic N) is 2. The number of hydrogen-bond donors (Lipinski definition) is 2. The lowest BCUT2D eigenvalue weighted by molar-refractivity contribution is 0.318. The first-order valence-corrected chi connectivity index (χ1v) is 8.81. The Bertz CT molecular complexity index is 758. The van der Waals surface area contributed by atoms with Crippen molar-refractivity contribution in [1.82, 2.24) is 5.32 Å². The van der Waals surface area contributed by atoms with Crippen LogP contribution >= 0.6 is 0 Å². The first-order valence-electron chi connectivity index (χ1n) is 8.81. The van der Waals surface area contributed by atoms with Crippen molar-refractivity contribution in [2.45, 2.75) is 26.8 Å². The summed E-state index contributed by atoms with van der Waals surface area (Å²) in [7, 11) is 0. The van der Waals surface area contributed by atoms with E-state index in [2.05, 4.69) is 41.4 Å². The first kappa shape index (κ1) is 17.1. The summed E-state index contributed by atoms with van der Waals surface area (Å²) in [6, 6.07) is 13.9. The third-order valence-corrected chi connectivity index (χ3v) is 4.21. The van der Waals surface area contributed by atoms with Crippen LogP contribution in [0.25, 0.3) is 0 Å². The Hall–Kier alpha value is -2.69. The molecule has 2 aromatic carbocycles. The van der Waals surface area contributed by atoms with E-state index in [0.717, 1.165) is 31.0 Å². The van der Waals surface area contributed by atoms with Gasteiger partial charge in [0.15, 0.2) is 17.5 Å². The van der Waals surface area contributed by atoms with E-state index in [1.807, 2.05) is 19.1 Å². The number of aliphatic imine (C=N–C) groups is 1. The third kappa shape index (κ3) is 3.87. The minimum atomic E-state index is 0.162. The van der Waals surface area contributed by atoms with E-state index >= 15 is 0 Å². The van der Waals surface area contributed by atoms with E-state index < -0.39 is 0 Å². The zero-order chi connectivity index (χ0) is 17.6. The molecule has 0 atom stereocenters. The quantitative estimate of drug-likeness (QED) is 0.648. The largest absolute Gasteiger partial charge is 0.504 e. The molecule has 0 bridgehead atoms. The van der Waals surface area contributed by atoms with Crippen molar-refractivity contribution in [2.75, 3.05) is 24.6 Å². The smallest absolute Gasteiger partial charge is 0.198 e. The highest BCUT2D eigenvalue weighted by molar-refractivity contribution is 5.97. The summed E-state index contributed by atoms with van der Waals surface area (Å²) in [5.74, 6) is 1.56. The van der Waals surface area contributed by atoms with Gasteiger partial charge in [0, 0.05) is 18.8 Å². The van der Waals surface area contributed by atoms with Crippen LogP contribution in [0.2, 0.25) is 0 Å². The fourth-order valence-corrected chi connectivity index (χ4v) is 3.05. The highest BCUT2D eigenvalue weighted by Crippen LogP contribution is 2.29. The van der Waals surface area contributed by atoms with Crippen molar-refractivity contribution in [3.05, 3.63) is 53.6 Å². The molecule has 0 saturated heterocycles. The molecule has 1 aliphatic heterocycles. The predicted octanol–water partition coefficient (Wildman–Crippen LogP) is 3.32. The van der Waals surface area contributed by atoms with Gasteiger partial charge < -0.3 is 20.1 Å². The number of guanidine groups is 1. The van der Waals surface area contributed by atoms with E-state index in [1.54, 1.807) is 6.07 Å². The molecule has 0 amide bonds. The summed E-state index contributed by atoms with van der Waals surface area (Å²) in [6.45, 7) is 6.78. The van der Waals surface area contributed by atoms with Crippen molar-refractivity contribution in [2.24, 2.45) is 4.99 Å². The van der Waals surface area contributed by atoms with Gasteiger partial charge in [-0.3, -0.25) is 0 Å². The number of benzene rings is 2. The van der Waals surface area contributed by atoms with Crippen molar-refractivity contribution in [3.63, 3.8) is 0 Å². The lowest BCUT2D eigenvalue weighted by atomic mass is 10.2. The third-order valence-electron chi connectivity index (χ3n) is 4.21. The molecule has 0 radical (unpaired) electrons. The molecule has 0 aliphatic carbocycles. The Morgan fingerprint density at radius 2 is 2.08 bits per heavy atom. The molecule has 0 saturated carbocycles. The number of para-hydroxylation sites is 1. The second-order valence-electron chi connectivity index (χ2n) is 5.94. The van der Waals surface area contributed by atoms with Crippen LogP contribution in [0.15, 0.2) is 47.5 Å². The van der Waals surface area contributed by atoms with Crippen LogP contribution in [0, 0.1) is 0 Å². The number of hydrogen-bond acceptors (Lipinski definition) is 3. The van der Waals surface area contributed by atoms with E-state index in [0.29, 0.717) is 18.9 Å². The van der Waals surface area contributed by atoms with Gasteiger partial charge in [-0.25, -0.2) is 4.99 Å². The number of nitrogens with one attached hydrogen (secondary N) is 1. The summed E-state index contributed by atoms with van der Waals surface area (Å²) in [4.78, 5) is 7.03. The second kappa shape index (κ2) is 7.92. The lowest BCUT2D eigenvalue weighted by Crippen LogP contribution is -2.40. The molecule has 25 heavy (non-hydrogen) atoms. The summed E-state index contributed by atoms with van der Waals surface area (Å²) in [6.07, 6.45) is 1.04. The van der Waals surface area contributed by atoms with Crippen LogP contribution < -0.4 is 15.0 Å². The molecule has 2 N–H and O–H groups in total. The van der Waals surface area contributed by atoms with Gasteiger partial charge in [-0.2, -0.15) is 0 Å². The number of rotatable bonds is 5. The summed E-state index contributed by atoms with van der Waals surface area (Å²) < 4.78 is 5.45. The lowest BCUT2D eigenvalue weighted by Gasteiger charge is -2.22. The molecule has 2 aromatic rings. The Morgan fingerprint density at radius 1 is 1.24 bits per heavy atom. The monoisotopic (exact) mass is 339 g/mol. The Morgan fingerprint density at radius 3 is 2.88 bits per heavy atom. The van der Waals surface area contributed by atoms with Gasteiger partial charge in [0.2, 0.25) is 0 Å². The van der Waals surface area contributed by atoms with Crippen LogP contribution in [-0.2, 0) is 13.0 Å². The summed E-state index contributed by atoms with van der Waals surface area (Å²) >= 11 is 0. The average Bonchev–Trinajstić information content (AvgIpc) is 3.05. The van der Waals surface area contributed by atoms with E-state index in [-0.39, 0.29) is 5.75 Å². The number of ether oxygens (including phenoxy) is 1. The molecule has 5 heteroatoms. The van der Waals surface area contributed by atoms with E-state index in [9.17, 15) is 5.11 Å². The molecule has 0 unspecified atom stereocenters. The minimum Gasteiger partial charge on any atom is -0.504 e. The van der Waals surface area contributed by atoms with Gasteiger partial charge >= 0.3 is 0 Å². The van der Waals surface area contributed by atoms with Gasteiger partial charge in [-0.15, -0.1) is 0 Å². The standard InChI is InChI=1S/C20H25N3O2/c1-3-21-20(23-12-11-16-7-5-6-8-17(16)23)22-14-15-9-10-18(24)19(13-15)25-4-2/h5-10,13,24H,3-4,11-12,14H2,1-2H3,(H,21,22). The van der Waals surface area contributed by atoms with Crippen LogP contribution in [0.3, 0.4) is 0 Å². The first-order chi connectivity index (χ1) is 12.2. The van der Waals surface area contributed by atoms with Gasteiger partial charge in [0.05, 0.1) is 13.2 Å². The van der Waals surface area contributed by atoms with Gasteiger partial charge in [-0.1, -0.05) is 24.3 Å². The number of phenols is 1. The van der Waals surface area contributed by atoms with Crippen LogP contribution in [0.5, 0.6) is 11.5 Å². The predicted molar refractivity (Wildman–Crippen MR) is 102 cm³/mol. The fourth-order valence-electron chi connectivity index (χ4n) is 3.05.